The monoisotopic (exact) mass is 371 g/mol. The molecule has 1 amide bonds. The van der Waals surface area contributed by atoms with E-state index in [4.69, 9.17) is 4.74 Å². The molecule has 1 N–H and O–H groups in total. The summed E-state index contributed by atoms with van der Waals surface area (Å²) in [4.78, 5) is 12.6. The Balaban J connectivity index is 1.97. The molecule has 0 bridgehead atoms. The fraction of sp³-hybridized carbons (Fsp3) is 0.200. The minimum absolute atomic E-state index is 0.145. The van der Waals surface area contributed by atoms with E-state index in [1.54, 1.807) is 19.2 Å². The second kappa shape index (κ2) is 7.57. The number of rotatable bonds is 5. The van der Waals surface area contributed by atoms with Crippen molar-refractivity contribution in [1.29, 1.82) is 0 Å². The van der Waals surface area contributed by atoms with Crippen LogP contribution in [0.1, 0.15) is 28.0 Å². The van der Waals surface area contributed by atoms with Gasteiger partial charge in [0.25, 0.3) is 12.3 Å². The number of anilines is 1. The number of aromatic nitrogens is 2. The van der Waals surface area contributed by atoms with E-state index >= 15 is 0 Å². The molecule has 0 aliphatic carbocycles. The Morgan fingerprint density at radius 2 is 1.93 bits per heavy atom. The van der Waals surface area contributed by atoms with E-state index in [1.165, 1.54) is 17.9 Å². The van der Waals surface area contributed by atoms with Crippen molar-refractivity contribution >= 4 is 11.6 Å². The van der Waals surface area contributed by atoms with Crippen molar-refractivity contribution in [2.24, 2.45) is 7.05 Å². The van der Waals surface area contributed by atoms with Gasteiger partial charge < -0.3 is 10.1 Å². The van der Waals surface area contributed by atoms with Gasteiger partial charge in [-0.25, -0.2) is 8.78 Å². The molecule has 7 heteroatoms. The van der Waals surface area contributed by atoms with E-state index in [-0.39, 0.29) is 5.56 Å². The third kappa shape index (κ3) is 3.81. The van der Waals surface area contributed by atoms with Crippen molar-refractivity contribution in [2.45, 2.75) is 13.3 Å². The number of aryl methyl sites for hydroxylation is 2. The number of nitrogens with zero attached hydrogens (tertiary/aromatic N) is 2. The summed E-state index contributed by atoms with van der Waals surface area (Å²) in [5.74, 6) is 0.103. The van der Waals surface area contributed by atoms with Crippen molar-refractivity contribution in [3.05, 3.63) is 65.5 Å². The van der Waals surface area contributed by atoms with Crippen LogP contribution in [-0.4, -0.2) is 22.8 Å². The van der Waals surface area contributed by atoms with Gasteiger partial charge in [-0.1, -0.05) is 24.3 Å². The highest BCUT2D eigenvalue weighted by Gasteiger charge is 2.23. The first kappa shape index (κ1) is 18.6. The van der Waals surface area contributed by atoms with Gasteiger partial charge >= 0.3 is 0 Å². The lowest BCUT2D eigenvalue weighted by molar-refractivity contribution is 0.101. The molecule has 0 aliphatic heterocycles. The topological polar surface area (TPSA) is 56.1 Å². The molecular formula is C20H19F2N3O2. The van der Waals surface area contributed by atoms with Gasteiger partial charge in [0.1, 0.15) is 11.4 Å². The van der Waals surface area contributed by atoms with Crippen LogP contribution >= 0.6 is 0 Å². The number of benzene rings is 2. The zero-order valence-corrected chi connectivity index (χ0v) is 15.2. The Kier molecular flexibility index (Phi) is 5.21. The molecule has 3 aromatic rings. The summed E-state index contributed by atoms with van der Waals surface area (Å²) in [6, 6.07) is 12.8. The van der Waals surface area contributed by atoms with Crippen LogP contribution in [0, 0.1) is 6.92 Å². The number of alkyl halides is 2. The molecule has 27 heavy (non-hydrogen) atoms. The Labute approximate surface area is 155 Å². The lowest BCUT2D eigenvalue weighted by Crippen LogP contribution is -2.14. The largest absolute Gasteiger partial charge is 0.497 e. The van der Waals surface area contributed by atoms with Crippen LogP contribution in [0.25, 0.3) is 11.1 Å². The molecule has 0 aliphatic rings. The minimum Gasteiger partial charge on any atom is -0.497 e. The SMILES string of the molecule is COc1ccc(-c2ccccc2NC(=O)c2cn(C)nc2C(F)F)c(C)c1. The van der Waals surface area contributed by atoms with Gasteiger partial charge in [0.15, 0.2) is 0 Å². The molecule has 0 saturated carbocycles. The van der Waals surface area contributed by atoms with Crippen LogP contribution in [0.3, 0.4) is 0 Å². The third-order valence-electron chi connectivity index (χ3n) is 4.21. The van der Waals surface area contributed by atoms with Gasteiger partial charge in [0.2, 0.25) is 0 Å². The number of halogens is 2. The van der Waals surface area contributed by atoms with E-state index in [0.717, 1.165) is 22.4 Å². The summed E-state index contributed by atoms with van der Waals surface area (Å²) in [6.07, 6.45) is -1.54. The molecular weight excluding hydrogens is 352 g/mol. The Bertz CT molecular complexity index is 983. The summed E-state index contributed by atoms with van der Waals surface area (Å²) in [5, 5.41) is 6.41. The van der Waals surface area contributed by atoms with Crippen molar-refractivity contribution in [1.82, 2.24) is 9.78 Å². The van der Waals surface area contributed by atoms with E-state index in [2.05, 4.69) is 10.4 Å². The van der Waals surface area contributed by atoms with E-state index in [1.807, 2.05) is 37.3 Å². The number of carbonyl (C=O) groups is 1. The van der Waals surface area contributed by atoms with Crippen LogP contribution in [-0.2, 0) is 7.05 Å². The number of methoxy groups -OCH3 is 1. The Morgan fingerprint density at radius 3 is 2.59 bits per heavy atom. The lowest BCUT2D eigenvalue weighted by Gasteiger charge is -2.14. The Hall–Kier alpha value is -3.22. The molecule has 0 atom stereocenters. The predicted molar refractivity (Wildman–Crippen MR) is 99.3 cm³/mol. The maximum absolute atomic E-state index is 13.1. The van der Waals surface area contributed by atoms with Crippen molar-refractivity contribution in [3.63, 3.8) is 0 Å². The normalized spacial score (nSPS) is 10.9. The van der Waals surface area contributed by atoms with E-state index in [0.29, 0.717) is 5.69 Å². The molecule has 0 spiro atoms. The highest BCUT2D eigenvalue weighted by atomic mass is 19.3. The second-order valence-electron chi connectivity index (χ2n) is 6.08. The predicted octanol–water partition coefficient (Wildman–Crippen LogP) is 4.59. The molecule has 1 heterocycles. The van der Waals surface area contributed by atoms with E-state index in [9.17, 15) is 13.6 Å². The second-order valence-corrected chi connectivity index (χ2v) is 6.08. The molecule has 0 unspecified atom stereocenters. The standard InChI is InChI=1S/C20H19F2N3O2/c1-12-10-13(27-3)8-9-14(12)15-6-4-5-7-17(15)23-20(26)16-11-25(2)24-18(16)19(21)22/h4-11,19H,1-3H3,(H,23,26). The number of amides is 1. The van der Waals surface area contributed by atoms with Gasteiger partial charge in [-0.15, -0.1) is 0 Å². The first-order valence-electron chi connectivity index (χ1n) is 8.27. The van der Waals surface area contributed by atoms with Crippen LogP contribution < -0.4 is 10.1 Å². The highest BCUT2D eigenvalue weighted by molar-refractivity contribution is 6.07. The summed E-state index contributed by atoms with van der Waals surface area (Å²) in [7, 11) is 3.09. The molecule has 5 nitrogen and oxygen atoms in total. The van der Waals surface area contributed by atoms with Gasteiger partial charge in [-0.05, 0) is 36.2 Å². The molecule has 0 fully saturated rings. The number of nitrogens with one attached hydrogen (secondary N) is 1. The van der Waals surface area contributed by atoms with E-state index < -0.39 is 18.0 Å². The molecule has 0 radical (unpaired) electrons. The summed E-state index contributed by atoms with van der Waals surface area (Å²) < 4.78 is 32.7. The van der Waals surface area contributed by atoms with Crippen molar-refractivity contribution < 1.29 is 18.3 Å². The third-order valence-corrected chi connectivity index (χ3v) is 4.21. The smallest absolute Gasteiger partial charge is 0.282 e. The van der Waals surface area contributed by atoms with Crippen LogP contribution in [0.15, 0.2) is 48.7 Å². The first-order valence-corrected chi connectivity index (χ1v) is 8.27. The van der Waals surface area contributed by atoms with Crippen molar-refractivity contribution in [2.75, 3.05) is 12.4 Å². The zero-order chi connectivity index (χ0) is 19.6. The number of para-hydroxylation sites is 1. The maximum Gasteiger partial charge on any atom is 0.282 e. The number of ether oxygens (including phenoxy) is 1. The first-order chi connectivity index (χ1) is 12.9. The van der Waals surface area contributed by atoms with Crippen LogP contribution in [0.2, 0.25) is 0 Å². The molecule has 140 valence electrons. The van der Waals surface area contributed by atoms with Gasteiger partial charge in [0.05, 0.1) is 12.7 Å². The van der Waals surface area contributed by atoms with Crippen molar-refractivity contribution in [3.8, 4) is 16.9 Å². The average molecular weight is 371 g/mol. The summed E-state index contributed by atoms with van der Waals surface area (Å²) >= 11 is 0. The van der Waals surface area contributed by atoms with Gasteiger partial charge in [-0.2, -0.15) is 5.10 Å². The number of carbonyl (C=O) groups excluding carboxylic acids is 1. The van der Waals surface area contributed by atoms with Gasteiger partial charge in [-0.3, -0.25) is 9.48 Å². The maximum atomic E-state index is 13.1. The minimum atomic E-state index is -2.83. The average Bonchev–Trinajstić information content (AvgIpc) is 3.04. The highest BCUT2D eigenvalue weighted by Crippen LogP contribution is 2.33. The molecule has 3 rings (SSSR count). The fourth-order valence-corrected chi connectivity index (χ4v) is 2.92. The quantitative estimate of drug-likeness (QED) is 0.713. The van der Waals surface area contributed by atoms with Crippen LogP contribution in [0.4, 0.5) is 14.5 Å². The zero-order valence-electron chi connectivity index (χ0n) is 15.2. The summed E-state index contributed by atoms with van der Waals surface area (Å²) in [6.45, 7) is 1.94. The summed E-state index contributed by atoms with van der Waals surface area (Å²) in [5.41, 5.74) is 2.51. The molecule has 2 aromatic carbocycles. The molecule has 1 aromatic heterocycles. The lowest BCUT2D eigenvalue weighted by atomic mass is 9.98. The van der Waals surface area contributed by atoms with Gasteiger partial charge in [0, 0.05) is 24.5 Å². The molecule has 0 saturated heterocycles. The number of hydrogen-bond donors (Lipinski definition) is 1. The van der Waals surface area contributed by atoms with Crippen LogP contribution in [0.5, 0.6) is 5.75 Å². The fourth-order valence-electron chi connectivity index (χ4n) is 2.92. The Morgan fingerprint density at radius 1 is 1.19 bits per heavy atom. The number of hydrogen-bond acceptors (Lipinski definition) is 3.